The number of carbonyl (C=O) groups excluding carboxylic acids is 1. The highest BCUT2D eigenvalue weighted by Gasteiger charge is 2.45. The maximum Gasteiger partial charge on any atom is 0.240 e. The molecular weight excluding hydrogens is 282 g/mol. The average molecular weight is 314 g/mol. The summed E-state index contributed by atoms with van der Waals surface area (Å²) in [7, 11) is 4.08. The van der Waals surface area contributed by atoms with Gasteiger partial charge in [-0.05, 0) is 53.6 Å². The SMILES string of the molecule is C[C@H](S)N1CCC(C)(NC(=O)C2(N(C)C)CCCC2)CC1. The third kappa shape index (κ3) is 3.57. The van der Waals surface area contributed by atoms with Crippen LogP contribution in [0.4, 0.5) is 0 Å². The molecule has 2 fully saturated rings. The van der Waals surface area contributed by atoms with Crippen molar-refractivity contribution in [1.29, 1.82) is 0 Å². The van der Waals surface area contributed by atoms with E-state index in [0.717, 1.165) is 51.6 Å². The molecule has 1 N–H and O–H groups in total. The molecule has 0 radical (unpaired) electrons. The first-order chi connectivity index (χ1) is 9.79. The molecule has 1 saturated carbocycles. The van der Waals surface area contributed by atoms with Gasteiger partial charge in [0.2, 0.25) is 5.91 Å². The summed E-state index contributed by atoms with van der Waals surface area (Å²) < 4.78 is 0. The van der Waals surface area contributed by atoms with E-state index in [-0.39, 0.29) is 17.0 Å². The Labute approximate surface area is 135 Å². The molecule has 0 aromatic heterocycles. The van der Waals surface area contributed by atoms with E-state index in [1.54, 1.807) is 0 Å². The van der Waals surface area contributed by atoms with Crippen LogP contribution in [0, 0.1) is 0 Å². The topological polar surface area (TPSA) is 35.6 Å². The zero-order valence-corrected chi connectivity index (χ0v) is 14.9. The Balaban J connectivity index is 1.99. The van der Waals surface area contributed by atoms with Crippen molar-refractivity contribution in [3.8, 4) is 0 Å². The lowest BCUT2D eigenvalue weighted by Gasteiger charge is -2.44. The summed E-state index contributed by atoms with van der Waals surface area (Å²) in [6.45, 7) is 6.33. The first-order valence-electron chi connectivity index (χ1n) is 8.21. The van der Waals surface area contributed by atoms with Crippen molar-refractivity contribution >= 4 is 18.5 Å². The molecule has 21 heavy (non-hydrogen) atoms. The van der Waals surface area contributed by atoms with Gasteiger partial charge in [-0.2, -0.15) is 12.6 Å². The van der Waals surface area contributed by atoms with E-state index in [1.807, 2.05) is 14.1 Å². The average Bonchev–Trinajstić information content (AvgIpc) is 2.89. The lowest BCUT2D eigenvalue weighted by Crippen LogP contribution is -2.62. The number of nitrogens with one attached hydrogen (secondary N) is 1. The molecule has 5 heteroatoms. The third-order valence-electron chi connectivity index (χ3n) is 5.55. The van der Waals surface area contributed by atoms with E-state index in [9.17, 15) is 4.79 Å². The summed E-state index contributed by atoms with van der Waals surface area (Å²) in [5.41, 5.74) is -0.348. The highest BCUT2D eigenvalue weighted by molar-refractivity contribution is 7.80. The van der Waals surface area contributed by atoms with E-state index >= 15 is 0 Å². The molecule has 1 aliphatic carbocycles. The summed E-state index contributed by atoms with van der Waals surface area (Å²) in [5, 5.41) is 3.69. The maximum absolute atomic E-state index is 12.9. The summed E-state index contributed by atoms with van der Waals surface area (Å²) in [5.74, 6) is 0.236. The summed E-state index contributed by atoms with van der Waals surface area (Å²) in [4.78, 5) is 17.4. The van der Waals surface area contributed by atoms with Crippen LogP contribution in [0.5, 0.6) is 0 Å². The lowest BCUT2D eigenvalue weighted by atomic mass is 9.86. The van der Waals surface area contributed by atoms with Gasteiger partial charge in [0, 0.05) is 24.0 Å². The Morgan fingerprint density at radius 3 is 2.14 bits per heavy atom. The van der Waals surface area contributed by atoms with Gasteiger partial charge in [0.05, 0.1) is 5.54 Å². The fraction of sp³-hybridized carbons (Fsp3) is 0.938. The molecule has 0 aromatic rings. The minimum absolute atomic E-state index is 0.0676. The van der Waals surface area contributed by atoms with Gasteiger partial charge in [0.25, 0.3) is 0 Å². The first-order valence-corrected chi connectivity index (χ1v) is 8.73. The number of hydrogen-bond acceptors (Lipinski definition) is 4. The van der Waals surface area contributed by atoms with E-state index in [1.165, 1.54) is 0 Å². The number of rotatable bonds is 4. The first kappa shape index (κ1) is 17.1. The molecule has 2 rings (SSSR count). The van der Waals surface area contributed by atoms with Gasteiger partial charge in [-0.15, -0.1) is 0 Å². The molecule has 4 nitrogen and oxygen atoms in total. The van der Waals surface area contributed by atoms with Gasteiger partial charge in [-0.3, -0.25) is 14.6 Å². The standard InChI is InChI=1S/C16H31N3OS/c1-13(21)19-11-9-15(2,10-12-19)17-14(20)16(18(3)4)7-5-6-8-16/h13,21H,5-12H2,1-4H3,(H,17,20)/t13-/m0/s1. The Morgan fingerprint density at radius 1 is 1.19 bits per heavy atom. The lowest BCUT2D eigenvalue weighted by molar-refractivity contribution is -0.134. The van der Waals surface area contributed by atoms with Crippen molar-refractivity contribution < 1.29 is 4.79 Å². The van der Waals surface area contributed by atoms with Crippen LogP contribution in [0.2, 0.25) is 0 Å². The van der Waals surface area contributed by atoms with E-state index in [4.69, 9.17) is 0 Å². The third-order valence-corrected chi connectivity index (χ3v) is 5.88. The monoisotopic (exact) mass is 313 g/mol. The number of hydrogen-bond donors (Lipinski definition) is 2. The van der Waals surface area contributed by atoms with Crippen LogP contribution in [0.3, 0.4) is 0 Å². The van der Waals surface area contributed by atoms with Gasteiger partial charge >= 0.3 is 0 Å². The molecular formula is C16H31N3OS. The van der Waals surface area contributed by atoms with Crippen LogP contribution < -0.4 is 5.32 Å². The zero-order valence-electron chi connectivity index (χ0n) is 14.0. The van der Waals surface area contributed by atoms with Gasteiger partial charge in [-0.1, -0.05) is 12.8 Å². The summed E-state index contributed by atoms with van der Waals surface area (Å²) in [6.07, 6.45) is 6.31. The minimum Gasteiger partial charge on any atom is -0.349 e. The normalized spacial score (nSPS) is 26.8. The highest BCUT2D eigenvalue weighted by Crippen LogP contribution is 2.35. The fourth-order valence-corrected chi connectivity index (χ4v) is 3.97. The molecule has 1 saturated heterocycles. The molecule has 1 aliphatic heterocycles. The Bertz CT molecular complexity index is 370. The molecule has 1 amide bonds. The Hall–Kier alpha value is -0.260. The van der Waals surface area contributed by atoms with E-state index < -0.39 is 0 Å². The Morgan fingerprint density at radius 2 is 1.71 bits per heavy atom. The van der Waals surface area contributed by atoms with Crippen LogP contribution in [0.1, 0.15) is 52.4 Å². The van der Waals surface area contributed by atoms with Crippen molar-refractivity contribution in [1.82, 2.24) is 15.1 Å². The number of nitrogens with zero attached hydrogens (tertiary/aromatic N) is 2. The molecule has 0 aromatic carbocycles. The predicted octanol–water partition coefficient (Wildman–Crippen LogP) is 2.11. The van der Waals surface area contributed by atoms with Crippen LogP contribution in [0.15, 0.2) is 0 Å². The highest BCUT2D eigenvalue weighted by atomic mass is 32.1. The smallest absolute Gasteiger partial charge is 0.240 e. The van der Waals surface area contributed by atoms with Crippen molar-refractivity contribution in [2.75, 3.05) is 27.2 Å². The van der Waals surface area contributed by atoms with Crippen LogP contribution >= 0.6 is 12.6 Å². The number of likely N-dealkylation sites (tertiary alicyclic amines) is 1. The second-order valence-corrected chi connectivity index (χ2v) is 8.06. The summed E-state index contributed by atoms with van der Waals surface area (Å²) in [6, 6.07) is 0. The van der Waals surface area contributed by atoms with Crippen LogP contribution in [0.25, 0.3) is 0 Å². The van der Waals surface area contributed by atoms with Gasteiger partial charge in [0.15, 0.2) is 0 Å². The molecule has 0 unspecified atom stereocenters. The fourth-order valence-electron chi connectivity index (χ4n) is 3.74. The van der Waals surface area contributed by atoms with E-state index in [0.29, 0.717) is 5.37 Å². The van der Waals surface area contributed by atoms with Crippen molar-refractivity contribution in [2.45, 2.75) is 68.8 Å². The molecule has 0 spiro atoms. The number of piperidine rings is 1. The molecule has 122 valence electrons. The number of thiol groups is 1. The number of likely N-dealkylation sites (N-methyl/N-ethyl adjacent to an activating group) is 1. The minimum atomic E-state index is -0.281. The quantitative estimate of drug-likeness (QED) is 0.780. The largest absolute Gasteiger partial charge is 0.349 e. The van der Waals surface area contributed by atoms with Gasteiger partial charge in [0.1, 0.15) is 0 Å². The van der Waals surface area contributed by atoms with Crippen molar-refractivity contribution in [3.63, 3.8) is 0 Å². The molecule has 1 atom stereocenters. The van der Waals surface area contributed by atoms with Gasteiger partial charge in [-0.25, -0.2) is 0 Å². The second kappa shape index (κ2) is 6.47. The maximum atomic E-state index is 12.9. The van der Waals surface area contributed by atoms with E-state index in [2.05, 4.69) is 41.6 Å². The van der Waals surface area contributed by atoms with Crippen molar-refractivity contribution in [2.24, 2.45) is 0 Å². The van der Waals surface area contributed by atoms with Crippen LogP contribution in [-0.4, -0.2) is 59.3 Å². The summed E-state index contributed by atoms with van der Waals surface area (Å²) >= 11 is 4.51. The molecule has 2 aliphatic rings. The van der Waals surface area contributed by atoms with Crippen molar-refractivity contribution in [3.05, 3.63) is 0 Å². The van der Waals surface area contributed by atoms with Crippen LogP contribution in [-0.2, 0) is 4.79 Å². The second-order valence-electron chi connectivity index (χ2n) is 7.32. The zero-order chi connectivity index (χ0) is 15.7. The van der Waals surface area contributed by atoms with Gasteiger partial charge < -0.3 is 5.32 Å². The molecule has 0 bridgehead atoms. The Kier molecular flexibility index (Phi) is 5.27. The number of carbonyl (C=O) groups is 1. The number of amides is 1. The molecule has 1 heterocycles. The predicted molar refractivity (Wildman–Crippen MR) is 90.7 cm³/mol.